The first-order valence-electron chi connectivity index (χ1n) is 4.59. The quantitative estimate of drug-likeness (QED) is 0.643. The lowest BCUT2D eigenvalue weighted by Crippen LogP contribution is -2.29. The van der Waals surface area contributed by atoms with Crippen LogP contribution in [0, 0.1) is 6.92 Å². The Morgan fingerprint density at radius 3 is 3.17 bits per heavy atom. The fourth-order valence-corrected chi connectivity index (χ4v) is 2.94. The van der Waals surface area contributed by atoms with Crippen molar-refractivity contribution in [2.24, 2.45) is 0 Å². The summed E-state index contributed by atoms with van der Waals surface area (Å²) in [6.45, 7) is 8.10. The molecule has 0 bridgehead atoms. The summed E-state index contributed by atoms with van der Waals surface area (Å²) in [5.74, 6) is 0. The van der Waals surface area contributed by atoms with Crippen LogP contribution in [0.2, 0.25) is 0 Å². The topological polar surface area (TPSA) is 3.24 Å². The van der Waals surface area contributed by atoms with Crippen LogP contribution in [0.3, 0.4) is 0 Å². The van der Waals surface area contributed by atoms with Crippen LogP contribution in [0.5, 0.6) is 0 Å². The molecule has 1 nitrogen and oxygen atoms in total. The molecule has 0 aliphatic carbocycles. The van der Waals surface area contributed by atoms with Crippen LogP contribution in [0.1, 0.15) is 22.9 Å². The van der Waals surface area contributed by atoms with Gasteiger partial charge in [-0.2, -0.15) is 0 Å². The Labute approximate surface area is 78.0 Å². The van der Waals surface area contributed by atoms with Crippen molar-refractivity contribution in [2.45, 2.75) is 26.8 Å². The zero-order chi connectivity index (χ0) is 8.55. The molecule has 0 radical (unpaired) electrons. The van der Waals surface area contributed by atoms with Gasteiger partial charge in [-0.15, -0.1) is 11.3 Å². The lowest BCUT2D eigenvalue weighted by atomic mass is 10.0. The minimum Gasteiger partial charge on any atom is -0.298 e. The van der Waals surface area contributed by atoms with E-state index in [1.807, 2.05) is 11.3 Å². The van der Waals surface area contributed by atoms with Crippen molar-refractivity contribution in [3.8, 4) is 0 Å². The third kappa shape index (κ3) is 1.29. The number of rotatable bonds is 1. The Morgan fingerprint density at radius 2 is 2.42 bits per heavy atom. The van der Waals surface area contributed by atoms with Crippen LogP contribution in [0.4, 0.5) is 0 Å². The SMILES string of the molecule is CCN1CCc2c(C)csc2C1. The maximum Gasteiger partial charge on any atom is 0.0330 e. The third-order valence-electron chi connectivity index (χ3n) is 2.68. The van der Waals surface area contributed by atoms with Gasteiger partial charge in [0, 0.05) is 18.0 Å². The second-order valence-electron chi connectivity index (χ2n) is 3.44. The predicted molar refractivity (Wildman–Crippen MR) is 53.7 cm³/mol. The van der Waals surface area contributed by atoms with Gasteiger partial charge in [-0.25, -0.2) is 0 Å². The van der Waals surface area contributed by atoms with Gasteiger partial charge in [0.25, 0.3) is 0 Å². The zero-order valence-electron chi connectivity index (χ0n) is 7.76. The molecule has 1 aliphatic heterocycles. The van der Waals surface area contributed by atoms with E-state index >= 15 is 0 Å². The van der Waals surface area contributed by atoms with Gasteiger partial charge < -0.3 is 0 Å². The van der Waals surface area contributed by atoms with E-state index in [9.17, 15) is 0 Å². The van der Waals surface area contributed by atoms with Crippen molar-refractivity contribution < 1.29 is 0 Å². The van der Waals surface area contributed by atoms with E-state index in [1.54, 1.807) is 10.4 Å². The van der Waals surface area contributed by atoms with E-state index in [-0.39, 0.29) is 0 Å². The van der Waals surface area contributed by atoms with Gasteiger partial charge in [-0.05, 0) is 36.4 Å². The lowest BCUT2D eigenvalue weighted by Gasteiger charge is -2.25. The number of aryl methyl sites for hydroxylation is 1. The Balaban J connectivity index is 2.24. The Kier molecular flexibility index (Phi) is 2.20. The van der Waals surface area contributed by atoms with Crippen LogP contribution in [-0.2, 0) is 13.0 Å². The van der Waals surface area contributed by atoms with Gasteiger partial charge in [-0.3, -0.25) is 4.90 Å². The molecular weight excluding hydrogens is 166 g/mol. The molecule has 0 saturated carbocycles. The zero-order valence-corrected chi connectivity index (χ0v) is 8.58. The van der Waals surface area contributed by atoms with Crippen molar-refractivity contribution in [3.63, 3.8) is 0 Å². The van der Waals surface area contributed by atoms with E-state index < -0.39 is 0 Å². The highest BCUT2D eigenvalue weighted by atomic mass is 32.1. The van der Waals surface area contributed by atoms with Crippen molar-refractivity contribution in [3.05, 3.63) is 21.4 Å². The molecule has 0 unspecified atom stereocenters. The van der Waals surface area contributed by atoms with Gasteiger partial charge in [0.15, 0.2) is 0 Å². The standard InChI is InChI=1S/C10H15NS/c1-3-11-5-4-9-8(2)7-12-10(9)6-11/h7H,3-6H2,1-2H3. The minimum absolute atomic E-state index is 1.18. The molecule has 0 amide bonds. The summed E-state index contributed by atoms with van der Waals surface area (Å²) in [4.78, 5) is 4.11. The van der Waals surface area contributed by atoms with Crippen LogP contribution in [0.25, 0.3) is 0 Å². The Hall–Kier alpha value is -0.340. The highest BCUT2D eigenvalue weighted by molar-refractivity contribution is 7.10. The van der Waals surface area contributed by atoms with E-state index in [0.717, 1.165) is 0 Å². The molecule has 0 saturated heterocycles. The summed E-state index contributed by atoms with van der Waals surface area (Å²) in [6, 6.07) is 0. The van der Waals surface area contributed by atoms with Gasteiger partial charge in [0.1, 0.15) is 0 Å². The highest BCUT2D eigenvalue weighted by Gasteiger charge is 2.17. The molecule has 1 aromatic rings. The molecule has 0 fully saturated rings. The smallest absolute Gasteiger partial charge is 0.0330 e. The van der Waals surface area contributed by atoms with Crippen molar-refractivity contribution >= 4 is 11.3 Å². The summed E-state index contributed by atoms with van der Waals surface area (Å²) < 4.78 is 0. The number of likely N-dealkylation sites (N-methyl/N-ethyl adjacent to an activating group) is 1. The maximum absolute atomic E-state index is 2.51. The normalized spacial score (nSPS) is 17.8. The largest absolute Gasteiger partial charge is 0.298 e. The molecule has 2 heterocycles. The summed E-state index contributed by atoms with van der Waals surface area (Å²) >= 11 is 1.93. The van der Waals surface area contributed by atoms with E-state index in [0.29, 0.717) is 0 Å². The summed E-state index contributed by atoms with van der Waals surface area (Å²) in [6.07, 6.45) is 1.26. The first kappa shape index (κ1) is 8.27. The van der Waals surface area contributed by atoms with Crippen molar-refractivity contribution in [1.29, 1.82) is 0 Å². The molecule has 1 aliphatic rings. The van der Waals surface area contributed by atoms with Crippen LogP contribution >= 0.6 is 11.3 Å². The average molecular weight is 181 g/mol. The molecule has 0 aromatic carbocycles. The summed E-state index contributed by atoms with van der Waals surface area (Å²) in [7, 11) is 0. The summed E-state index contributed by atoms with van der Waals surface area (Å²) in [5.41, 5.74) is 3.13. The molecule has 2 rings (SSSR count). The fourth-order valence-electron chi connectivity index (χ4n) is 1.81. The fraction of sp³-hybridized carbons (Fsp3) is 0.600. The first-order chi connectivity index (χ1) is 5.81. The number of nitrogens with zero attached hydrogens (tertiary/aromatic N) is 1. The van der Waals surface area contributed by atoms with E-state index in [1.165, 1.54) is 31.6 Å². The van der Waals surface area contributed by atoms with Crippen molar-refractivity contribution in [2.75, 3.05) is 13.1 Å². The first-order valence-corrected chi connectivity index (χ1v) is 5.47. The minimum atomic E-state index is 1.18. The van der Waals surface area contributed by atoms with Gasteiger partial charge in [0.2, 0.25) is 0 Å². The predicted octanol–water partition coefficient (Wildman–Crippen LogP) is 2.43. The van der Waals surface area contributed by atoms with Crippen LogP contribution in [-0.4, -0.2) is 18.0 Å². The molecule has 66 valence electrons. The molecule has 12 heavy (non-hydrogen) atoms. The molecule has 0 spiro atoms. The molecule has 0 N–H and O–H groups in total. The third-order valence-corrected chi connectivity index (χ3v) is 3.81. The van der Waals surface area contributed by atoms with Crippen LogP contribution < -0.4 is 0 Å². The van der Waals surface area contributed by atoms with Crippen molar-refractivity contribution in [1.82, 2.24) is 4.90 Å². The molecule has 2 heteroatoms. The number of hydrogen-bond donors (Lipinski definition) is 0. The molecule has 1 aromatic heterocycles. The second kappa shape index (κ2) is 3.19. The lowest BCUT2D eigenvalue weighted by molar-refractivity contribution is 0.271. The highest BCUT2D eigenvalue weighted by Crippen LogP contribution is 2.27. The number of thiophene rings is 1. The van der Waals surface area contributed by atoms with Gasteiger partial charge >= 0.3 is 0 Å². The Morgan fingerprint density at radius 1 is 1.58 bits per heavy atom. The molecular formula is C10H15NS. The second-order valence-corrected chi connectivity index (χ2v) is 4.40. The maximum atomic E-state index is 2.51. The number of fused-ring (bicyclic) bond motifs is 1. The van der Waals surface area contributed by atoms with E-state index in [4.69, 9.17) is 0 Å². The molecule has 0 atom stereocenters. The monoisotopic (exact) mass is 181 g/mol. The van der Waals surface area contributed by atoms with E-state index in [2.05, 4.69) is 24.1 Å². The average Bonchev–Trinajstić information content (AvgIpc) is 2.47. The number of hydrogen-bond acceptors (Lipinski definition) is 2. The van der Waals surface area contributed by atoms with Gasteiger partial charge in [0.05, 0.1) is 0 Å². The van der Waals surface area contributed by atoms with Gasteiger partial charge in [-0.1, -0.05) is 6.92 Å². The summed E-state index contributed by atoms with van der Waals surface area (Å²) in [5, 5.41) is 2.30. The van der Waals surface area contributed by atoms with Crippen LogP contribution in [0.15, 0.2) is 5.38 Å². The Bertz CT molecular complexity index is 277.